The van der Waals surface area contributed by atoms with Crippen molar-refractivity contribution in [2.45, 2.75) is 50.7 Å². The van der Waals surface area contributed by atoms with Crippen LogP contribution in [0.2, 0.25) is 5.02 Å². The second-order valence-electron chi connectivity index (χ2n) is 7.37. The van der Waals surface area contributed by atoms with Crippen molar-refractivity contribution in [3.8, 4) is 0 Å². The summed E-state index contributed by atoms with van der Waals surface area (Å²) in [6.45, 7) is 6.15. The lowest BCUT2D eigenvalue weighted by Gasteiger charge is -2.47. The van der Waals surface area contributed by atoms with E-state index in [2.05, 4.69) is 27.7 Å². The lowest BCUT2D eigenvalue weighted by Crippen LogP contribution is -2.62. The van der Waals surface area contributed by atoms with Crippen LogP contribution in [0.1, 0.15) is 32.6 Å². The number of hydrogen-bond acceptors (Lipinski definition) is 3. The Kier molecular flexibility index (Phi) is 4.44. The van der Waals surface area contributed by atoms with Crippen molar-refractivity contribution in [3.63, 3.8) is 0 Å². The summed E-state index contributed by atoms with van der Waals surface area (Å²) in [4.78, 5) is 19.6. The topological polar surface area (TPSA) is 26.8 Å². The Morgan fingerprint density at radius 2 is 1.79 bits per heavy atom. The third-order valence-corrected chi connectivity index (χ3v) is 6.38. The number of piperidine rings is 1. The van der Waals surface area contributed by atoms with Gasteiger partial charge < -0.3 is 9.80 Å². The average molecular weight is 348 g/mol. The first-order chi connectivity index (χ1) is 11.6. The second kappa shape index (κ2) is 6.57. The van der Waals surface area contributed by atoms with Crippen molar-refractivity contribution in [2.24, 2.45) is 0 Å². The number of hydrogen-bond donors (Lipinski definition) is 0. The van der Waals surface area contributed by atoms with E-state index in [0.717, 1.165) is 49.7 Å². The first-order valence-corrected chi connectivity index (χ1v) is 9.58. The van der Waals surface area contributed by atoms with E-state index in [-0.39, 0.29) is 6.04 Å². The lowest BCUT2D eigenvalue weighted by atomic mass is 9.97. The zero-order valence-electron chi connectivity index (χ0n) is 14.3. The molecule has 3 fully saturated rings. The Labute approximate surface area is 149 Å². The maximum absolute atomic E-state index is 12.6. The molecule has 0 saturated carbocycles. The average Bonchev–Trinajstić information content (AvgIpc) is 3.08. The van der Waals surface area contributed by atoms with Crippen LogP contribution in [-0.2, 0) is 4.79 Å². The predicted octanol–water partition coefficient (Wildman–Crippen LogP) is 3.00. The lowest BCUT2D eigenvalue weighted by molar-refractivity contribution is -0.145. The van der Waals surface area contributed by atoms with Gasteiger partial charge in [-0.15, -0.1) is 0 Å². The van der Waals surface area contributed by atoms with Gasteiger partial charge in [0, 0.05) is 38.3 Å². The number of benzene rings is 1. The Bertz CT molecular complexity index is 614. The number of fused-ring (bicyclic) bond motifs is 1. The van der Waals surface area contributed by atoms with Crippen molar-refractivity contribution < 1.29 is 4.79 Å². The van der Waals surface area contributed by atoms with E-state index in [1.165, 1.54) is 12.8 Å². The summed E-state index contributed by atoms with van der Waals surface area (Å²) < 4.78 is 0. The first kappa shape index (κ1) is 16.2. The highest BCUT2D eigenvalue weighted by atomic mass is 35.5. The number of nitrogens with zero attached hydrogens (tertiary/aromatic N) is 3. The maximum atomic E-state index is 12.6. The summed E-state index contributed by atoms with van der Waals surface area (Å²) in [5, 5.41) is 0.832. The third kappa shape index (κ3) is 2.80. The predicted molar refractivity (Wildman–Crippen MR) is 97.6 cm³/mol. The Morgan fingerprint density at radius 3 is 2.54 bits per heavy atom. The summed E-state index contributed by atoms with van der Waals surface area (Å²) in [6.07, 6.45) is 4.56. The highest BCUT2D eigenvalue weighted by Gasteiger charge is 2.43. The van der Waals surface area contributed by atoms with E-state index < -0.39 is 0 Å². The first-order valence-electron chi connectivity index (χ1n) is 9.21. The van der Waals surface area contributed by atoms with Crippen LogP contribution in [-0.4, -0.2) is 60.0 Å². The van der Waals surface area contributed by atoms with Crippen molar-refractivity contribution in [1.82, 2.24) is 9.80 Å². The van der Waals surface area contributed by atoms with E-state index >= 15 is 0 Å². The van der Waals surface area contributed by atoms with E-state index in [0.29, 0.717) is 18.0 Å². The molecule has 3 aliphatic rings. The highest BCUT2D eigenvalue weighted by Crippen LogP contribution is 2.32. The quantitative estimate of drug-likeness (QED) is 0.822. The second-order valence-corrected chi connectivity index (χ2v) is 7.78. The summed E-state index contributed by atoms with van der Waals surface area (Å²) >= 11 is 6.34. The van der Waals surface area contributed by atoms with Crippen molar-refractivity contribution in [2.75, 3.05) is 31.1 Å². The Balaban J connectivity index is 1.42. The molecule has 0 spiro atoms. The molecule has 4 nitrogen and oxygen atoms in total. The van der Waals surface area contributed by atoms with Crippen LogP contribution in [0, 0.1) is 0 Å². The number of para-hydroxylation sites is 1. The van der Waals surface area contributed by atoms with Gasteiger partial charge in [0.15, 0.2) is 0 Å². The molecule has 24 heavy (non-hydrogen) atoms. The minimum absolute atomic E-state index is 0.0382. The van der Waals surface area contributed by atoms with Crippen LogP contribution >= 0.6 is 11.6 Å². The van der Waals surface area contributed by atoms with Crippen LogP contribution in [0.15, 0.2) is 24.3 Å². The Morgan fingerprint density at radius 1 is 1.04 bits per heavy atom. The zero-order valence-corrected chi connectivity index (χ0v) is 15.1. The van der Waals surface area contributed by atoms with Gasteiger partial charge in [-0.05, 0) is 44.7 Å². The molecule has 2 atom stereocenters. The van der Waals surface area contributed by atoms with Gasteiger partial charge >= 0.3 is 0 Å². The van der Waals surface area contributed by atoms with Gasteiger partial charge in [-0.2, -0.15) is 0 Å². The molecule has 0 unspecified atom stereocenters. The SMILES string of the molecule is C[C@H]1C(=O)N2CCC[C@H]2CN1C1CCN(c2ccccc2Cl)CC1. The molecule has 5 heteroatoms. The van der Waals surface area contributed by atoms with Gasteiger partial charge in [0.1, 0.15) is 0 Å². The molecule has 1 aromatic carbocycles. The van der Waals surface area contributed by atoms with Crippen LogP contribution in [0.5, 0.6) is 0 Å². The highest BCUT2D eigenvalue weighted by molar-refractivity contribution is 6.33. The van der Waals surface area contributed by atoms with Crippen molar-refractivity contribution in [1.29, 1.82) is 0 Å². The zero-order chi connectivity index (χ0) is 16.7. The van der Waals surface area contributed by atoms with Gasteiger partial charge in [0.25, 0.3) is 0 Å². The molecule has 0 bridgehead atoms. The fraction of sp³-hybridized carbons (Fsp3) is 0.632. The molecule has 1 aromatic rings. The summed E-state index contributed by atoms with van der Waals surface area (Å²) in [5.41, 5.74) is 1.14. The van der Waals surface area contributed by atoms with Gasteiger partial charge in [0.05, 0.1) is 16.8 Å². The van der Waals surface area contributed by atoms with Gasteiger partial charge in [-0.3, -0.25) is 9.69 Å². The van der Waals surface area contributed by atoms with E-state index in [4.69, 9.17) is 11.6 Å². The van der Waals surface area contributed by atoms with Crippen LogP contribution in [0.25, 0.3) is 0 Å². The molecular formula is C19H26ClN3O. The van der Waals surface area contributed by atoms with E-state index in [1.54, 1.807) is 0 Å². The summed E-state index contributed by atoms with van der Waals surface area (Å²) in [6, 6.07) is 9.10. The largest absolute Gasteiger partial charge is 0.370 e. The minimum Gasteiger partial charge on any atom is -0.370 e. The van der Waals surface area contributed by atoms with Crippen molar-refractivity contribution in [3.05, 3.63) is 29.3 Å². The number of anilines is 1. The monoisotopic (exact) mass is 347 g/mol. The molecule has 0 aliphatic carbocycles. The number of carbonyl (C=O) groups is 1. The van der Waals surface area contributed by atoms with Crippen LogP contribution in [0.3, 0.4) is 0 Å². The van der Waals surface area contributed by atoms with Crippen LogP contribution in [0.4, 0.5) is 5.69 Å². The third-order valence-electron chi connectivity index (χ3n) is 6.06. The molecule has 3 heterocycles. The summed E-state index contributed by atoms with van der Waals surface area (Å²) in [5.74, 6) is 0.345. The smallest absolute Gasteiger partial charge is 0.239 e. The molecule has 1 amide bonds. The minimum atomic E-state index is 0.0382. The molecule has 0 radical (unpaired) electrons. The number of piperazine rings is 1. The van der Waals surface area contributed by atoms with E-state index in [1.807, 2.05) is 18.2 Å². The fourth-order valence-corrected chi connectivity index (χ4v) is 4.97. The standard InChI is InChI=1S/C19H26ClN3O/c1-14-19(24)22-10-4-5-16(22)13-23(14)15-8-11-21(12-9-15)18-7-3-2-6-17(18)20/h2-3,6-7,14-16H,4-5,8-13H2,1H3/t14-,16-/m0/s1. The normalized spacial score (nSPS) is 29.2. The van der Waals surface area contributed by atoms with Gasteiger partial charge in [0.2, 0.25) is 5.91 Å². The maximum Gasteiger partial charge on any atom is 0.239 e. The summed E-state index contributed by atoms with van der Waals surface area (Å²) in [7, 11) is 0. The number of amides is 1. The number of carbonyl (C=O) groups excluding carboxylic acids is 1. The van der Waals surface area contributed by atoms with Crippen LogP contribution < -0.4 is 4.90 Å². The van der Waals surface area contributed by atoms with E-state index in [9.17, 15) is 4.79 Å². The molecule has 0 aromatic heterocycles. The molecule has 130 valence electrons. The van der Waals surface area contributed by atoms with Crippen molar-refractivity contribution >= 4 is 23.2 Å². The Hall–Kier alpha value is -1.26. The molecular weight excluding hydrogens is 322 g/mol. The molecule has 0 N–H and O–H groups in total. The van der Waals surface area contributed by atoms with Gasteiger partial charge in [-0.25, -0.2) is 0 Å². The molecule has 4 rings (SSSR count). The number of halogens is 1. The molecule has 3 aliphatic heterocycles. The number of rotatable bonds is 2. The van der Waals surface area contributed by atoms with Gasteiger partial charge in [-0.1, -0.05) is 23.7 Å². The molecule has 3 saturated heterocycles. The fourth-order valence-electron chi connectivity index (χ4n) is 4.71.